The lowest BCUT2D eigenvalue weighted by molar-refractivity contribution is -0.144. The molecule has 0 bridgehead atoms. The predicted molar refractivity (Wildman–Crippen MR) is 154 cm³/mol. The molecule has 4 rings (SSSR count). The van der Waals surface area contributed by atoms with Crippen molar-refractivity contribution in [1.82, 2.24) is 24.7 Å². The number of imide groups is 1. The van der Waals surface area contributed by atoms with Gasteiger partial charge in [-0.3, -0.25) is 4.79 Å². The van der Waals surface area contributed by atoms with Crippen LogP contribution in [-0.2, 0) is 16.1 Å². The molecule has 0 N–H and O–H groups in total. The van der Waals surface area contributed by atoms with Crippen molar-refractivity contribution in [3.63, 3.8) is 0 Å². The SMILES string of the molecule is CC.CC1CN(C(=O)N2CCCCC2)CCN1C(=O)N(C=O)OC(=O)N1CCC(CCc2ccc(Cl)cc2)CC1. The lowest BCUT2D eigenvalue weighted by Crippen LogP contribution is -2.60. The highest BCUT2D eigenvalue weighted by atomic mass is 35.5. The van der Waals surface area contributed by atoms with Crippen LogP contribution in [0.3, 0.4) is 0 Å². The van der Waals surface area contributed by atoms with Crippen molar-refractivity contribution in [3.8, 4) is 0 Å². The van der Waals surface area contributed by atoms with Crippen molar-refractivity contribution in [2.24, 2.45) is 5.92 Å². The van der Waals surface area contributed by atoms with Crippen molar-refractivity contribution in [2.75, 3.05) is 45.8 Å². The zero-order valence-electron chi connectivity index (χ0n) is 24.1. The molecule has 3 aliphatic rings. The number of rotatable bonds is 4. The van der Waals surface area contributed by atoms with Gasteiger partial charge in [0.05, 0.1) is 0 Å². The van der Waals surface area contributed by atoms with Gasteiger partial charge in [0.2, 0.25) is 0 Å². The van der Waals surface area contributed by atoms with Crippen LogP contribution in [0.15, 0.2) is 24.3 Å². The van der Waals surface area contributed by atoms with E-state index >= 15 is 0 Å². The first-order chi connectivity index (χ1) is 19.4. The van der Waals surface area contributed by atoms with Gasteiger partial charge in [0.1, 0.15) is 0 Å². The fourth-order valence-corrected chi connectivity index (χ4v) is 5.63. The molecule has 1 aromatic rings. The van der Waals surface area contributed by atoms with Gasteiger partial charge in [0.15, 0.2) is 0 Å². The number of carbonyl (C=O) groups is 4. The monoisotopic (exact) mass is 577 g/mol. The molecule has 11 heteroatoms. The molecular formula is C29H44ClN5O5. The van der Waals surface area contributed by atoms with E-state index in [0.717, 1.165) is 63.1 Å². The minimum Gasteiger partial charge on any atom is -0.325 e. The summed E-state index contributed by atoms with van der Waals surface area (Å²) >= 11 is 5.95. The standard InChI is InChI=1S/C27H38ClN5O5.C2H6/c1-21-19-31(25(35)29-13-3-2-4-14-29)17-18-32(21)26(36)33(20-34)38-27(37)30-15-11-23(12-16-30)6-5-22-7-9-24(28)10-8-22;1-2/h7-10,20-21,23H,2-6,11-19H2,1H3;1-2H3. The molecule has 1 unspecified atom stereocenters. The molecule has 1 atom stereocenters. The van der Waals surface area contributed by atoms with E-state index in [9.17, 15) is 19.2 Å². The quantitative estimate of drug-likeness (QED) is 0.360. The summed E-state index contributed by atoms with van der Waals surface area (Å²) in [6.07, 6.45) is 6.35. The van der Waals surface area contributed by atoms with E-state index in [-0.39, 0.29) is 25.0 Å². The average Bonchev–Trinajstić information content (AvgIpc) is 3.00. The Kier molecular flexibility index (Phi) is 12.4. The Balaban J connectivity index is 0.00000216. The molecule has 1 aromatic carbocycles. The van der Waals surface area contributed by atoms with Crippen LogP contribution >= 0.6 is 11.6 Å². The number of likely N-dealkylation sites (tertiary alicyclic amines) is 2. The third-order valence-corrected chi connectivity index (χ3v) is 8.11. The van der Waals surface area contributed by atoms with Gasteiger partial charge in [0, 0.05) is 56.9 Å². The first-order valence-electron chi connectivity index (χ1n) is 14.7. The molecule has 0 aliphatic carbocycles. The molecule has 10 nitrogen and oxygen atoms in total. The van der Waals surface area contributed by atoms with E-state index in [1.54, 1.807) is 9.80 Å². The Hall–Kier alpha value is -3.01. The largest absolute Gasteiger partial charge is 0.434 e. The van der Waals surface area contributed by atoms with Crippen LogP contribution in [0.25, 0.3) is 0 Å². The van der Waals surface area contributed by atoms with Crippen LogP contribution in [0.2, 0.25) is 5.02 Å². The van der Waals surface area contributed by atoms with E-state index in [1.807, 2.05) is 49.9 Å². The van der Waals surface area contributed by atoms with Crippen molar-refractivity contribution >= 4 is 36.2 Å². The molecular weight excluding hydrogens is 534 g/mol. The zero-order chi connectivity index (χ0) is 29.1. The van der Waals surface area contributed by atoms with Crippen LogP contribution in [0, 0.1) is 5.92 Å². The number of halogens is 1. The Morgan fingerprint density at radius 2 is 1.57 bits per heavy atom. The molecule has 0 saturated carbocycles. The molecule has 3 saturated heterocycles. The number of hydrogen-bond acceptors (Lipinski definition) is 5. The first-order valence-corrected chi connectivity index (χ1v) is 15.0. The minimum atomic E-state index is -0.701. The number of hydrogen-bond donors (Lipinski definition) is 0. The Morgan fingerprint density at radius 3 is 2.17 bits per heavy atom. The summed E-state index contributed by atoms with van der Waals surface area (Å²) in [5.41, 5.74) is 1.24. The van der Waals surface area contributed by atoms with Crippen molar-refractivity contribution in [1.29, 1.82) is 0 Å². The molecule has 6 amide bonds. The second kappa shape index (κ2) is 15.7. The Labute approximate surface area is 243 Å². The van der Waals surface area contributed by atoms with Gasteiger partial charge in [-0.05, 0) is 75.5 Å². The third kappa shape index (κ3) is 8.49. The van der Waals surface area contributed by atoms with Crippen LogP contribution in [-0.4, -0.2) is 101 Å². The lowest BCUT2D eigenvalue weighted by Gasteiger charge is -2.42. The fourth-order valence-electron chi connectivity index (χ4n) is 5.50. The number of hydroxylamine groups is 2. The highest BCUT2D eigenvalue weighted by Crippen LogP contribution is 2.24. The number of aryl methyl sites for hydroxylation is 1. The zero-order valence-corrected chi connectivity index (χ0v) is 24.9. The highest BCUT2D eigenvalue weighted by Gasteiger charge is 2.36. The van der Waals surface area contributed by atoms with Gasteiger partial charge in [-0.25, -0.2) is 14.4 Å². The third-order valence-electron chi connectivity index (χ3n) is 7.86. The van der Waals surface area contributed by atoms with E-state index in [2.05, 4.69) is 0 Å². The van der Waals surface area contributed by atoms with Crippen molar-refractivity contribution < 1.29 is 24.0 Å². The number of benzene rings is 1. The normalized spacial score (nSPS) is 19.9. The Bertz CT molecular complexity index is 980. The van der Waals surface area contributed by atoms with Gasteiger partial charge in [-0.1, -0.05) is 42.6 Å². The number of nitrogens with zero attached hydrogens (tertiary/aromatic N) is 5. The highest BCUT2D eigenvalue weighted by molar-refractivity contribution is 6.30. The summed E-state index contributed by atoms with van der Waals surface area (Å²) in [6, 6.07) is 6.85. The van der Waals surface area contributed by atoms with Gasteiger partial charge in [-0.2, -0.15) is 0 Å². The smallest absolute Gasteiger partial charge is 0.325 e. The van der Waals surface area contributed by atoms with Crippen LogP contribution in [0.1, 0.15) is 64.9 Å². The number of amides is 6. The maximum atomic E-state index is 13.0. The maximum Gasteiger partial charge on any atom is 0.434 e. The van der Waals surface area contributed by atoms with Gasteiger partial charge in [0.25, 0.3) is 6.41 Å². The maximum absolute atomic E-state index is 13.0. The molecule has 3 heterocycles. The number of urea groups is 2. The van der Waals surface area contributed by atoms with Crippen molar-refractivity contribution in [3.05, 3.63) is 34.9 Å². The topological polar surface area (TPSA) is 93.7 Å². The van der Waals surface area contributed by atoms with E-state index in [0.29, 0.717) is 37.2 Å². The first kappa shape index (κ1) is 31.5. The second-order valence-electron chi connectivity index (χ2n) is 10.5. The summed E-state index contributed by atoms with van der Waals surface area (Å²) in [6.45, 7) is 9.38. The summed E-state index contributed by atoms with van der Waals surface area (Å²) in [5.74, 6) is 0.489. The lowest BCUT2D eigenvalue weighted by atomic mass is 9.91. The fraction of sp³-hybridized carbons (Fsp3) is 0.655. The Morgan fingerprint density at radius 1 is 0.925 bits per heavy atom. The van der Waals surface area contributed by atoms with E-state index < -0.39 is 12.1 Å². The molecule has 0 radical (unpaired) electrons. The van der Waals surface area contributed by atoms with Crippen LogP contribution < -0.4 is 0 Å². The van der Waals surface area contributed by atoms with Gasteiger partial charge < -0.3 is 24.4 Å². The average molecular weight is 578 g/mol. The molecule has 0 spiro atoms. The van der Waals surface area contributed by atoms with Gasteiger partial charge >= 0.3 is 18.2 Å². The minimum absolute atomic E-state index is 0.00103. The number of piperidine rings is 2. The van der Waals surface area contributed by atoms with Crippen LogP contribution in [0.5, 0.6) is 0 Å². The van der Waals surface area contributed by atoms with Crippen LogP contribution in [0.4, 0.5) is 14.4 Å². The molecule has 0 aromatic heterocycles. The number of carbonyl (C=O) groups excluding carboxylic acids is 4. The summed E-state index contributed by atoms with van der Waals surface area (Å²) < 4.78 is 0. The van der Waals surface area contributed by atoms with E-state index in [1.165, 1.54) is 10.5 Å². The van der Waals surface area contributed by atoms with Gasteiger partial charge in [-0.15, -0.1) is 0 Å². The predicted octanol–water partition coefficient (Wildman–Crippen LogP) is 5.25. The summed E-state index contributed by atoms with van der Waals surface area (Å²) in [5, 5.41) is 1.20. The van der Waals surface area contributed by atoms with E-state index in [4.69, 9.17) is 16.4 Å². The van der Waals surface area contributed by atoms with Crippen molar-refractivity contribution in [2.45, 2.75) is 71.8 Å². The summed E-state index contributed by atoms with van der Waals surface area (Å²) in [7, 11) is 0. The molecule has 222 valence electrons. The summed E-state index contributed by atoms with van der Waals surface area (Å²) in [4.78, 5) is 62.1. The number of piperazine rings is 1. The molecule has 3 fully saturated rings. The molecule has 40 heavy (non-hydrogen) atoms. The second-order valence-corrected chi connectivity index (χ2v) is 10.9. The molecule has 3 aliphatic heterocycles.